The minimum absolute atomic E-state index is 0.365. The number of benzene rings is 1. The van der Waals surface area contributed by atoms with Crippen LogP contribution in [0.15, 0.2) is 29.5 Å². The lowest BCUT2D eigenvalue weighted by Crippen LogP contribution is -2.47. The number of hydrogen-bond donors (Lipinski definition) is 2. The third kappa shape index (κ3) is 3.05. The van der Waals surface area contributed by atoms with Gasteiger partial charge in [0.25, 0.3) is 0 Å². The van der Waals surface area contributed by atoms with Gasteiger partial charge in [-0.25, -0.2) is 4.98 Å². The lowest BCUT2D eigenvalue weighted by molar-refractivity contribution is -0.0465. The van der Waals surface area contributed by atoms with Crippen LogP contribution in [0.5, 0.6) is 0 Å². The van der Waals surface area contributed by atoms with Crippen molar-refractivity contribution >= 4 is 22.7 Å². The molecule has 4 fully saturated rings. The minimum Gasteiger partial charge on any atom is -0.334 e. The number of imidazole rings is 1. The van der Waals surface area contributed by atoms with Gasteiger partial charge in [-0.05, 0) is 79.9 Å². The van der Waals surface area contributed by atoms with Crippen molar-refractivity contribution < 1.29 is 0 Å². The van der Waals surface area contributed by atoms with E-state index in [4.69, 9.17) is 10.3 Å². The Bertz CT molecular complexity index is 899. The molecule has 1 aromatic heterocycles. The maximum atomic E-state index is 9.15. The topological polar surface area (TPSA) is 78.0 Å². The fraction of sp³-hybridized carbons (Fsp3) is 0.571. The zero-order valence-corrected chi connectivity index (χ0v) is 15.8. The molecule has 0 atom stereocenters. The Labute approximate surface area is 159 Å². The Morgan fingerprint density at radius 3 is 2.63 bits per heavy atom. The van der Waals surface area contributed by atoms with Crippen LogP contribution in [0.1, 0.15) is 38.5 Å². The highest BCUT2D eigenvalue weighted by molar-refractivity contribution is 5.96. The molecular weight excluding hydrogens is 336 g/mol. The van der Waals surface area contributed by atoms with Crippen molar-refractivity contribution in [1.82, 2.24) is 14.9 Å². The number of anilines is 1. The molecule has 4 bridgehead atoms. The van der Waals surface area contributed by atoms with E-state index in [0.29, 0.717) is 11.4 Å². The molecule has 0 aliphatic heterocycles. The zero-order chi connectivity index (χ0) is 18.4. The molecule has 6 rings (SSSR count). The number of hydrogen-bond acceptors (Lipinski definition) is 3. The smallest absolute Gasteiger partial charge is 0.209 e. The lowest BCUT2D eigenvalue weighted by atomic mass is 9.49. The zero-order valence-electron chi connectivity index (χ0n) is 15.8. The van der Waals surface area contributed by atoms with Gasteiger partial charge in [0, 0.05) is 19.3 Å². The Kier molecular flexibility index (Phi) is 3.85. The van der Waals surface area contributed by atoms with Gasteiger partial charge in [0.15, 0.2) is 6.19 Å². The first-order chi connectivity index (χ1) is 13.1. The summed E-state index contributed by atoms with van der Waals surface area (Å²) >= 11 is 0. The van der Waals surface area contributed by atoms with Crippen LogP contribution in [0.25, 0.3) is 11.0 Å². The van der Waals surface area contributed by atoms with Gasteiger partial charge in [0.2, 0.25) is 5.96 Å². The molecule has 0 saturated heterocycles. The molecule has 0 radical (unpaired) electrons. The Morgan fingerprint density at radius 1 is 1.26 bits per heavy atom. The summed E-state index contributed by atoms with van der Waals surface area (Å²) < 4.78 is 1.99. The summed E-state index contributed by atoms with van der Waals surface area (Å²) in [5, 5.41) is 15.2. The van der Waals surface area contributed by atoms with Crippen LogP contribution in [0.4, 0.5) is 5.69 Å². The number of aryl methyl sites for hydroxylation is 1. The van der Waals surface area contributed by atoms with E-state index in [0.717, 1.165) is 41.0 Å². The van der Waals surface area contributed by atoms with Gasteiger partial charge in [-0.3, -0.25) is 10.3 Å². The maximum Gasteiger partial charge on any atom is 0.209 e. The number of fused-ring (bicyclic) bond motifs is 1. The van der Waals surface area contributed by atoms with Gasteiger partial charge in [0.05, 0.1) is 17.4 Å². The highest BCUT2D eigenvalue weighted by atomic mass is 15.2. The number of aliphatic imine (C=N–C) groups is 1. The van der Waals surface area contributed by atoms with E-state index in [9.17, 15) is 0 Å². The molecule has 2 aromatic rings. The van der Waals surface area contributed by atoms with Gasteiger partial charge >= 0.3 is 0 Å². The van der Waals surface area contributed by atoms with Crippen LogP contribution in [0.3, 0.4) is 0 Å². The highest BCUT2D eigenvalue weighted by Gasteiger charge is 2.50. The first-order valence-electron chi connectivity index (χ1n) is 10.0. The molecule has 1 aromatic carbocycles. The van der Waals surface area contributed by atoms with Crippen molar-refractivity contribution in [3.8, 4) is 6.19 Å². The summed E-state index contributed by atoms with van der Waals surface area (Å²) in [7, 11) is 1.98. The molecular formula is C21H26N6. The first-order valence-corrected chi connectivity index (χ1v) is 10.0. The Balaban J connectivity index is 1.34. The van der Waals surface area contributed by atoms with Crippen molar-refractivity contribution in [1.29, 1.82) is 5.26 Å². The van der Waals surface area contributed by atoms with Gasteiger partial charge in [-0.15, -0.1) is 0 Å². The van der Waals surface area contributed by atoms with Crippen molar-refractivity contribution in [3.63, 3.8) is 0 Å². The Hall–Kier alpha value is -2.55. The van der Waals surface area contributed by atoms with E-state index < -0.39 is 0 Å². The van der Waals surface area contributed by atoms with Crippen LogP contribution in [-0.4, -0.2) is 22.1 Å². The number of rotatable bonds is 3. The highest BCUT2D eigenvalue weighted by Crippen LogP contribution is 2.60. The number of aromatic nitrogens is 2. The molecule has 2 N–H and O–H groups in total. The second kappa shape index (κ2) is 6.26. The number of nitriles is 1. The molecule has 0 amide bonds. The fourth-order valence-corrected chi connectivity index (χ4v) is 6.24. The van der Waals surface area contributed by atoms with E-state index in [-0.39, 0.29) is 0 Å². The minimum atomic E-state index is 0.365. The number of nitrogens with one attached hydrogen (secondary N) is 2. The van der Waals surface area contributed by atoms with Crippen molar-refractivity contribution in [2.45, 2.75) is 38.5 Å². The molecule has 4 saturated carbocycles. The van der Waals surface area contributed by atoms with Crippen molar-refractivity contribution in [2.24, 2.45) is 35.2 Å². The van der Waals surface area contributed by atoms with Crippen LogP contribution < -0.4 is 10.6 Å². The van der Waals surface area contributed by atoms with E-state index >= 15 is 0 Å². The second-order valence-corrected chi connectivity index (χ2v) is 9.00. The first kappa shape index (κ1) is 16.6. The standard InChI is InChI=1S/C21H26N6/c1-27-13-25-18-7-17(2-3-19(18)27)26-20(24-12-22)23-11-21-8-14-4-15(9-21)6-16(5-14)10-21/h2-3,7,13-16H,4-6,8-11H2,1H3,(H2,23,24,26). The number of nitrogens with zero attached hydrogens (tertiary/aromatic N) is 4. The molecule has 1 heterocycles. The summed E-state index contributed by atoms with van der Waals surface area (Å²) in [5.41, 5.74) is 3.28. The predicted molar refractivity (Wildman–Crippen MR) is 106 cm³/mol. The van der Waals surface area contributed by atoms with Crippen LogP contribution in [0, 0.1) is 34.6 Å². The van der Waals surface area contributed by atoms with E-state index in [1.54, 1.807) is 0 Å². The van der Waals surface area contributed by atoms with Gasteiger partial charge in [0.1, 0.15) is 0 Å². The van der Waals surface area contributed by atoms with Crippen LogP contribution in [-0.2, 0) is 7.05 Å². The third-order valence-corrected chi connectivity index (χ3v) is 6.90. The normalized spacial score (nSPS) is 31.9. The largest absolute Gasteiger partial charge is 0.334 e. The maximum absolute atomic E-state index is 9.15. The average molecular weight is 362 g/mol. The van der Waals surface area contributed by atoms with E-state index in [1.165, 1.54) is 38.5 Å². The lowest BCUT2D eigenvalue weighted by Gasteiger charge is -2.56. The second-order valence-electron chi connectivity index (χ2n) is 9.00. The van der Waals surface area contributed by atoms with Crippen molar-refractivity contribution in [2.75, 3.05) is 11.9 Å². The van der Waals surface area contributed by atoms with Crippen molar-refractivity contribution in [3.05, 3.63) is 24.5 Å². The molecule has 6 nitrogen and oxygen atoms in total. The monoisotopic (exact) mass is 362 g/mol. The average Bonchev–Trinajstić information content (AvgIpc) is 2.99. The molecule has 4 aliphatic carbocycles. The molecule has 4 aliphatic rings. The summed E-state index contributed by atoms with van der Waals surface area (Å²) in [4.78, 5) is 9.23. The van der Waals surface area contributed by atoms with Gasteiger partial charge < -0.3 is 9.88 Å². The van der Waals surface area contributed by atoms with Crippen LogP contribution in [0.2, 0.25) is 0 Å². The predicted octanol–water partition coefficient (Wildman–Crippen LogP) is 3.63. The molecule has 6 heteroatoms. The van der Waals surface area contributed by atoms with Crippen LogP contribution >= 0.6 is 0 Å². The quantitative estimate of drug-likeness (QED) is 0.378. The third-order valence-electron chi connectivity index (χ3n) is 6.90. The summed E-state index contributed by atoms with van der Waals surface area (Å²) in [5.74, 6) is 3.29. The van der Waals surface area contributed by atoms with E-state index in [1.807, 2.05) is 42.3 Å². The summed E-state index contributed by atoms with van der Waals surface area (Å²) in [6, 6.07) is 6.03. The van der Waals surface area contributed by atoms with Gasteiger partial charge in [-0.2, -0.15) is 5.26 Å². The molecule has 0 unspecified atom stereocenters. The number of guanidine groups is 1. The molecule has 0 spiro atoms. The Morgan fingerprint density at radius 2 is 1.96 bits per heavy atom. The SMILES string of the molecule is Cn1cnc2cc(NC(=NCC34CC5CC(CC(C5)C3)C4)NC#N)ccc21. The summed E-state index contributed by atoms with van der Waals surface area (Å²) in [6.07, 6.45) is 12.1. The van der Waals surface area contributed by atoms with E-state index in [2.05, 4.69) is 15.6 Å². The summed E-state index contributed by atoms with van der Waals surface area (Å²) in [6.45, 7) is 0.819. The molecule has 27 heavy (non-hydrogen) atoms. The molecule has 140 valence electrons. The fourth-order valence-electron chi connectivity index (χ4n) is 6.24. The van der Waals surface area contributed by atoms with Gasteiger partial charge in [-0.1, -0.05) is 0 Å².